The van der Waals surface area contributed by atoms with E-state index in [-0.39, 0.29) is 23.6 Å². The van der Waals surface area contributed by atoms with Crippen molar-refractivity contribution in [2.45, 2.75) is 31.5 Å². The molecule has 0 saturated carbocycles. The second-order valence-corrected chi connectivity index (χ2v) is 5.55. The third-order valence-electron chi connectivity index (χ3n) is 4.08. The summed E-state index contributed by atoms with van der Waals surface area (Å²) in [5.74, 6) is -1.86. The molecule has 1 N–H and O–H groups in total. The van der Waals surface area contributed by atoms with Gasteiger partial charge in [0.1, 0.15) is 6.26 Å². The van der Waals surface area contributed by atoms with Crippen LogP contribution in [0.15, 0.2) is 10.7 Å². The standard InChI is InChI=1S/C13H14F3N3O3/c14-13(15,16)12-18-9(6-22-12)11(21)19-4-3-8-7(5-19)1-2-10(20)17-8/h6-8H,1-5H2,(H,17,20). The van der Waals surface area contributed by atoms with Gasteiger partial charge in [0.15, 0.2) is 5.69 Å². The summed E-state index contributed by atoms with van der Waals surface area (Å²) < 4.78 is 41.7. The quantitative estimate of drug-likeness (QED) is 0.850. The van der Waals surface area contributed by atoms with Crippen LogP contribution < -0.4 is 5.32 Å². The van der Waals surface area contributed by atoms with Gasteiger partial charge >= 0.3 is 12.1 Å². The van der Waals surface area contributed by atoms with Crippen LogP contribution in [0, 0.1) is 5.92 Å². The predicted octanol–water partition coefficient (Wildman–Crippen LogP) is 1.43. The van der Waals surface area contributed by atoms with Gasteiger partial charge in [0, 0.05) is 25.6 Å². The van der Waals surface area contributed by atoms with E-state index < -0.39 is 18.0 Å². The number of amides is 2. The van der Waals surface area contributed by atoms with Gasteiger partial charge in [-0.15, -0.1) is 0 Å². The Bertz CT molecular complexity index is 599. The largest absolute Gasteiger partial charge is 0.468 e. The smallest absolute Gasteiger partial charge is 0.441 e. The molecule has 1 aromatic heterocycles. The molecule has 22 heavy (non-hydrogen) atoms. The summed E-state index contributed by atoms with van der Waals surface area (Å²) in [6.07, 6.45) is -2.30. The fourth-order valence-electron chi connectivity index (χ4n) is 2.96. The lowest BCUT2D eigenvalue weighted by atomic mass is 9.85. The zero-order valence-electron chi connectivity index (χ0n) is 11.5. The molecule has 6 nitrogen and oxygen atoms in total. The maximum atomic E-state index is 12.4. The number of oxazole rings is 1. The summed E-state index contributed by atoms with van der Waals surface area (Å²) in [6.45, 7) is 0.770. The zero-order valence-corrected chi connectivity index (χ0v) is 11.5. The van der Waals surface area contributed by atoms with E-state index in [1.807, 2.05) is 0 Å². The average molecular weight is 317 g/mol. The van der Waals surface area contributed by atoms with Crippen LogP contribution in [0.1, 0.15) is 35.6 Å². The first-order valence-electron chi connectivity index (χ1n) is 6.96. The second-order valence-electron chi connectivity index (χ2n) is 5.55. The molecule has 2 aliphatic rings. The van der Waals surface area contributed by atoms with Crippen molar-refractivity contribution < 1.29 is 27.2 Å². The van der Waals surface area contributed by atoms with E-state index in [2.05, 4.69) is 14.7 Å². The van der Waals surface area contributed by atoms with Crippen LogP contribution in [0.25, 0.3) is 0 Å². The molecule has 0 bridgehead atoms. The molecule has 0 aliphatic carbocycles. The number of hydrogen-bond donors (Lipinski definition) is 1. The molecule has 1 aromatic rings. The monoisotopic (exact) mass is 317 g/mol. The molecule has 0 radical (unpaired) electrons. The van der Waals surface area contributed by atoms with Gasteiger partial charge in [-0.1, -0.05) is 0 Å². The number of carbonyl (C=O) groups excluding carboxylic acids is 2. The number of nitrogens with zero attached hydrogens (tertiary/aromatic N) is 2. The van der Waals surface area contributed by atoms with Crippen LogP contribution in [0.3, 0.4) is 0 Å². The molecular formula is C13H14F3N3O3. The first kappa shape index (κ1) is 14.9. The normalized spacial score (nSPS) is 25.6. The molecule has 2 atom stereocenters. The number of nitrogens with one attached hydrogen (secondary N) is 1. The Morgan fingerprint density at radius 3 is 2.86 bits per heavy atom. The van der Waals surface area contributed by atoms with Gasteiger partial charge in [-0.25, -0.2) is 4.98 Å². The van der Waals surface area contributed by atoms with Crippen molar-refractivity contribution in [1.82, 2.24) is 15.2 Å². The maximum Gasteiger partial charge on any atom is 0.468 e. The lowest BCUT2D eigenvalue weighted by molar-refractivity contribution is -0.157. The van der Waals surface area contributed by atoms with Gasteiger partial charge in [-0.05, 0) is 18.8 Å². The SMILES string of the molecule is O=C1CCC2CN(C(=O)c3coc(C(F)(F)F)n3)CCC2N1. The Kier molecular flexibility index (Phi) is 3.57. The fourth-order valence-corrected chi connectivity index (χ4v) is 2.96. The van der Waals surface area contributed by atoms with Gasteiger partial charge in [-0.3, -0.25) is 9.59 Å². The van der Waals surface area contributed by atoms with E-state index >= 15 is 0 Å². The number of fused-ring (bicyclic) bond motifs is 1. The van der Waals surface area contributed by atoms with E-state index in [1.54, 1.807) is 0 Å². The lowest BCUT2D eigenvalue weighted by Crippen LogP contribution is -2.55. The first-order valence-corrected chi connectivity index (χ1v) is 6.96. The van der Waals surface area contributed by atoms with Gasteiger partial charge in [-0.2, -0.15) is 13.2 Å². The molecule has 2 aliphatic heterocycles. The topological polar surface area (TPSA) is 75.4 Å². The van der Waals surface area contributed by atoms with Crippen LogP contribution in [0.2, 0.25) is 0 Å². The molecular weight excluding hydrogens is 303 g/mol. The third-order valence-corrected chi connectivity index (χ3v) is 4.08. The van der Waals surface area contributed by atoms with Gasteiger partial charge in [0.2, 0.25) is 5.91 Å². The summed E-state index contributed by atoms with van der Waals surface area (Å²) in [4.78, 5) is 28.2. The molecule has 0 spiro atoms. The summed E-state index contributed by atoms with van der Waals surface area (Å²) in [5.41, 5.74) is -0.342. The molecule has 2 saturated heterocycles. The molecule has 2 unspecified atom stereocenters. The predicted molar refractivity (Wildman–Crippen MR) is 66.7 cm³/mol. The van der Waals surface area contributed by atoms with Crippen molar-refractivity contribution in [3.05, 3.63) is 17.8 Å². The number of halogens is 3. The Balaban J connectivity index is 1.68. The first-order chi connectivity index (χ1) is 10.3. The van der Waals surface area contributed by atoms with E-state index in [0.717, 1.165) is 6.26 Å². The maximum absolute atomic E-state index is 12.4. The van der Waals surface area contributed by atoms with Crippen molar-refractivity contribution in [3.8, 4) is 0 Å². The van der Waals surface area contributed by atoms with Crippen molar-refractivity contribution >= 4 is 11.8 Å². The van der Waals surface area contributed by atoms with Gasteiger partial charge in [0.05, 0.1) is 0 Å². The van der Waals surface area contributed by atoms with E-state index in [4.69, 9.17) is 0 Å². The van der Waals surface area contributed by atoms with Crippen molar-refractivity contribution in [2.24, 2.45) is 5.92 Å². The minimum absolute atomic E-state index is 0.00680. The van der Waals surface area contributed by atoms with Crippen LogP contribution in [-0.4, -0.2) is 40.8 Å². The highest BCUT2D eigenvalue weighted by Gasteiger charge is 2.39. The number of hydrogen-bond acceptors (Lipinski definition) is 4. The molecule has 2 amide bonds. The summed E-state index contributed by atoms with van der Waals surface area (Å²) in [5, 5.41) is 2.88. The third kappa shape index (κ3) is 2.79. The number of carbonyl (C=O) groups is 2. The van der Waals surface area contributed by atoms with E-state index in [9.17, 15) is 22.8 Å². The van der Waals surface area contributed by atoms with Gasteiger partial charge < -0.3 is 14.6 Å². The van der Waals surface area contributed by atoms with Crippen molar-refractivity contribution in [2.75, 3.05) is 13.1 Å². The summed E-state index contributed by atoms with van der Waals surface area (Å²) in [7, 11) is 0. The second kappa shape index (κ2) is 5.29. The highest BCUT2D eigenvalue weighted by molar-refractivity contribution is 5.92. The number of likely N-dealkylation sites (tertiary alicyclic amines) is 1. The summed E-state index contributed by atoms with van der Waals surface area (Å²) >= 11 is 0. The van der Waals surface area contributed by atoms with Crippen LogP contribution in [-0.2, 0) is 11.0 Å². The van der Waals surface area contributed by atoms with Crippen LogP contribution in [0.4, 0.5) is 13.2 Å². The molecule has 3 heterocycles. The molecule has 9 heteroatoms. The van der Waals surface area contributed by atoms with Crippen molar-refractivity contribution in [3.63, 3.8) is 0 Å². The average Bonchev–Trinajstić information content (AvgIpc) is 2.95. The number of rotatable bonds is 1. The fraction of sp³-hybridized carbons (Fsp3) is 0.615. The minimum Gasteiger partial charge on any atom is -0.441 e. The highest BCUT2D eigenvalue weighted by Crippen LogP contribution is 2.29. The highest BCUT2D eigenvalue weighted by atomic mass is 19.4. The molecule has 0 aromatic carbocycles. The number of aromatic nitrogens is 1. The minimum atomic E-state index is -4.71. The summed E-state index contributed by atoms with van der Waals surface area (Å²) in [6, 6.07) is 0.0355. The molecule has 3 rings (SSSR count). The Morgan fingerprint density at radius 2 is 2.18 bits per heavy atom. The Hall–Kier alpha value is -2.06. The van der Waals surface area contributed by atoms with Crippen LogP contribution in [0.5, 0.6) is 0 Å². The van der Waals surface area contributed by atoms with E-state index in [0.29, 0.717) is 32.4 Å². The van der Waals surface area contributed by atoms with Gasteiger partial charge in [0.25, 0.3) is 5.91 Å². The van der Waals surface area contributed by atoms with E-state index in [1.165, 1.54) is 4.90 Å². The molecule has 120 valence electrons. The van der Waals surface area contributed by atoms with Crippen molar-refractivity contribution in [1.29, 1.82) is 0 Å². The van der Waals surface area contributed by atoms with Crippen LogP contribution >= 0.6 is 0 Å². The Morgan fingerprint density at radius 1 is 1.41 bits per heavy atom. The zero-order chi connectivity index (χ0) is 15.9. The number of alkyl halides is 3. The Labute approximate surface area is 123 Å². The lowest BCUT2D eigenvalue weighted by Gasteiger charge is -2.41. The number of piperidine rings is 2. The molecule has 2 fully saturated rings.